The number of rotatable bonds is 3. The fourth-order valence-corrected chi connectivity index (χ4v) is 2.98. The highest BCUT2D eigenvalue weighted by Gasteiger charge is 2.17. The first-order valence-corrected chi connectivity index (χ1v) is 7.87. The van der Waals surface area contributed by atoms with Gasteiger partial charge in [-0.1, -0.05) is 23.7 Å². The van der Waals surface area contributed by atoms with E-state index in [2.05, 4.69) is 25.5 Å². The van der Waals surface area contributed by atoms with E-state index in [1.165, 1.54) is 6.33 Å². The first-order chi connectivity index (χ1) is 11.6. The van der Waals surface area contributed by atoms with Crippen LogP contribution in [0.4, 0.5) is 5.95 Å². The number of nitrogens with one attached hydrogen (secondary N) is 3. The van der Waals surface area contributed by atoms with Crippen LogP contribution in [0.1, 0.15) is 18.4 Å². The van der Waals surface area contributed by atoms with Crippen molar-refractivity contribution in [1.82, 2.24) is 20.2 Å². The SMILES string of the molecule is C[C@H](C(=O)Nc1ncn[nH]1)c1ccc2c(c1)[nH]c1ccc(Cl)cc12. The van der Waals surface area contributed by atoms with E-state index in [4.69, 9.17) is 11.6 Å². The molecule has 0 aliphatic rings. The van der Waals surface area contributed by atoms with Gasteiger partial charge in [0.1, 0.15) is 6.33 Å². The maximum atomic E-state index is 12.3. The van der Waals surface area contributed by atoms with Gasteiger partial charge in [0.05, 0.1) is 5.92 Å². The second kappa shape index (κ2) is 5.65. The van der Waals surface area contributed by atoms with Gasteiger partial charge in [-0.15, -0.1) is 0 Å². The summed E-state index contributed by atoms with van der Waals surface area (Å²) in [7, 11) is 0. The Morgan fingerprint density at radius 1 is 1.17 bits per heavy atom. The molecule has 0 unspecified atom stereocenters. The summed E-state index contributed by atoms with van der Waals surface area (Å²) in [5.74, 6) is -0.132. The van der Waals surface area contributed by atoms with Crippen LogP contribution in [0.3, 0.4) is 0 Å². The summed E-state index contributed by atoms with van der Waals surface area (Å²) in [6.45, 7) is 1.85. The van der Waals surface area contributed by atoms with Crippen molar-refractivity contribution in [2.45, 2.75) is 12.8 Å². The van der Waals surface area contributed by atoms with E-state index in [-0.39, 0.29) is 11.8 Å². The predicted octanol–water partition coefficient (Wildman–Crippen LogP) is 3.83. The zero-order valence-corrected chi connectivity index (χ0v) is 13.6. The molecule has 7 heteroatoms. The van der Waals surface area contributed by atoms with Gasteiger partial charge in [-0.25, -0.2) is 5.10 Å². The Hall–Kier alpha value is -2.86. The smallest absolute Gasteiger partial charge is 0.233 e. The maximum absolute atomic E-state index is 12.3. The van der Waals surface area contributed by atoms with Gasteiger partial charge in [0.15, 0.2) is 0 Å². The number of nitrogens with zero attached hydrogens (tertiary/aromatic N) is 2. The van der Waals surface area contributed by atoms with Crippen molar-refractivity contribution in [3.8, 4) is 0 Å². The Morgan fingerprint density at radius 2 is 2.04 bits per heavy atom. The van der Waals surface area contributed by atoms with Crippen LogP contribution in [0.15, 0.2) is 42.7 Å². The van der Waals surface area contributed by atoms with E-state index in [1.807, 2.05) is 43.3 Å². The van der Waals surface area contributed by atoms with Gasteiger partial charge in [-0.3, -0.25) is 10.1 Å². The fraction of sp³-hybridized carbons (Fsp3) is 0.118. The minimum Gasteiger partial charge on any atom is -0.355 e. The average Bonchev–Trinajstić information content (AvgIpc) is 3.20. The van der Waals surface area contributed by atoms with Crippen molar-refractivity contribution in [1.29, 1.82) is 0 Å². The van der Waals surface area contributed by atoms with E-state index in [1.54, 1.807) is 0 Å². The molecule has 0 fully saturated rings. The van der Waals surface area contributed by atoms with Gasteiger partial charge in [-0.2, -0.15) is 10.1 Å². The molecule has 2 heterocycles. The van der Waals surface area contributed by atoms with Crippen molar-refractivity contribution in [3.05, 3.63) is 53.3 Å². The quantitative estimate of drug-likeness (QED) is 0.530. The van der Waals surface area contributed by atoms with Crippen LogP contribution in [0.2, 0.25) is 5.02 Å². The Balaban J connectivity index is 1.69. The number of hydrogen-bond acceptors (Lipinski definition) is 3. The summed E-state index contributed by atoms with van der Waals surface area (Å²) in [6, 6.07) is 11.7. The molecule has 2 aromatic heterocycles. The lowest BCUT2D eigenvalue weighted by Gasteiger charge is -2.11. The van der Waals surface area contributed by atoms with Crippen LogP contribution < -0.4 is 5.32 Å². The van der Waals surface area contributed by atoms with Crippen LogP contribution in [-0.2, 0) is 4.79 Å². The summed E-state index contributed by atoms with van der Waals surface area (Å²) in [5, 5.41) is 11.9. The van der Waals surface area contributed by atoms with Crippen molar-refractivity contribution in [2.24, 2.45) is 0 Å². The third-order valence-electron chi connectivity index (χ3n) is 4.13. The summed E-state index contributed by atoms with van der Waals surface area (Å²) in [5.41, 5.74) is 2.91. The summed E-state index contributed by atoms with van der Waals surface area (Å²) in [6.07, 6.45) is 1.35. The van der Waals surface area contributed by atoms with E-state index in [0.29, 0.717) is 11.0 Å². The van der Waals surface area contributed by atoms with E-state index in [0.717, 1.165) is 27.4 Å². The molecule has 0 radical (unpaired) electrons. The van der Waals surface area contributed by atoms with Crippen LogP contribution in [0.5, 0.6) is 0 Å². The van der Waals surface area contributed by atoms with Crippen LogP contribution >= 0.6 is 11.6 Å². The zero-order chi connectivity index (χ0) is 16.7. The van der Waals surface area contributed by atoms with Crippen LogP contribution in [0, 0.1) is 0 Å². The van der Waals surface area contributed by atoms with Gasteiger partial charge in [0, 0.05) is 26.8 Å². The number of hydrogen-bond donors (Lipinski definition) is 3. The largest absolute Gasteiger partial charge is 0.355 e. The second-order valence-corrected chi connectivity index (χ2v) is 6.10. The second-order valence-electron chi connectivity index (χ2n) is 5.66. The molecule has 6 nitrogen and oxygen atoms in total. The molecule has 24 heavy (non-hydrogen) atoms. The highest BCUT2D eigenvalue weighted by molar-refractivity contribution is 6.31. The molecule has 4 rings (SSSR count). The average molecular weight is 340 g/mol. The molecule has 1 amide bonds. The van der Waals surface area contributed by atoms with Crippen LogP contribution in [-0.4, -0.2) is 26.1 Å². The molecular weight excluding hydrogens is 326 g/mol. The van der Waals surface area contributed by atoms with Crippen LogP contribution in [0.25, 0.3) is 21.8 Å². The lowest BCUT2D eigenvalue weighted by molar-refractivity contribution is -0.117. The number of aromatic nitrogens is 4. The van der Waals surface area contributed by atoms with Gasteiger partial charge in [0.25, 0.3) is 0 Å². The Kier molecular flexibility index (Phi) is 3.46. The summed E-state index contributed by atoms with van der Waals surface area (Å²) >= 11 is 6.09. The highest BCUT2D eigenvalue weighted by Crippen LogP contribution is 2.30. The van der Waals surface area contributed by atoms with Crippen molar-refractivity contribution < 1.29 is 4.79 Å². The first-order valence-electron chi connectivity index (χ1n) is 7.49. The lowest BCUT2D eigenvalue weighted by Crippen LogP contribution is -2.19. The molecule has 3 N–H and O–H groups in total. The number of carbonyl (C=O) groups is 1. The van der Waals surface area contributed by atoms with Crippen molar-refractivity contribution >= 4 is 45.3 Å². The molecule has 0 aliphatic carbocycles. The molecular formula is C17H14ClN5O. The molecule has 0 spiro atoms. The number of halogens is 1. The number of aromatic amines is 2. The molecule has 0 saturated carbocycles. The number of H-pyrrole nitrogens is 2. The maximum Gasteiger partial charge on any atom is 0.233 e. The normalized spacial score (nSPS) is 12.6. The number of carbonyl (C=O) groups excluding carboxylic acids is 1. The molecule has 2 aromatic carbocycles. The standard InChI is InChI=1S/C17H14ClN5O/c1-9(16(24)22-17-19-8-20-23-17)10-2-4-12-13-7-11(18)3-5-14(13)21-15(12)6-10/h2-9,21H,1H3,(H2,19,20,22,23,24)/t9-/m0/s1. The predicted molar refractivity (Wildman–Crippen MR) is 94.2 cm³/mol. The minimum absolute atomic E-state index is 0.148. The van der Waals surface area contributed by atoms with E-state index >= 15 is 0 Å². The lowest BCUT2D eigenvalue weighted by atomic mass is 9.99. The molecule has 0 aliphatic heterocycles. The Bertz CT molecular complexity index is 1040. The number of benzene rings is 2. The molecule has 120 valence electrons. The monoisotopic (exact) mass is 339 g/mol. The first kappa shape index (κ1) is 14.7. The molecule has 4 aromatic rings. The number of amides is 1. The highest BCUT2D eigenvalue weighted by atomic mass is 35.5. The van der Waals surface area contributed by atoms with Crippen molar-refractivity contribution in [2.75, 3.05) is 5.32 Å². The zero-order valence-electron chi connectivity index (χ0n) is 12.8. The number of anilines is 1. The van der Waals surface area contributed by atoms with Gasteiger partial charge >= 0.3 is 0 Å². The Morgan fingerprint density at radius 3 is 2.83 bits per heavy atom. The van der Waals surface area contributed by atoms with Crippen molar-refractivity contribution in [3.63, 3.8) is 0 Å². The molecule has 1 atom stereocenters. The molecule has 0 bridgehead atoms. The van der Waals surface area contributed by atoms with Gasteiger partial charge < -0.3 is 4.98 Å². The third kappa shape index (κ3) is 2.51. The fourth-order valence-electron chi connectivity index (χ4n) is 2.80. The molecule has 0 saturated heterocycles. The Labute approximate surface area is 142 Å². The van der Waals surface area contributed by atoms with Gasteiger partial charge in [-0.05, 0) is 36.8 Å². The summed E-state index contributed by atoms with van der Waals surface area (Å²) < 4.78 is 0. The van der Waals surface area contributed by atoms with E-state index in [9.17, 15) is 4.79 Å². The van der Waals surface area contributed by atoms with Gasteiger partial charge in [0.2, 0.25) is 11.9 Å². The summed E-state index contributed by atoms with van der Waals surface area (Å²) in [4.78, 5) is 19.6. The topological polar surface area (TPSA) is 86.5 Å². The minimum atomic E-state index is -0.325. The number of fused-ring (bicyclic) bond motifs is 3. The van der Waals surface area contributed by atoms with E-state index < -0.39 is 0 Å². The third-order valence-corrected chi connectivity index (χ3v) is 4.37.